The molecule has 1 aliphatic rings. The molecule has 1 unspecified atom stereocenters. The normalized spacial score (nSPS) is 16.0. The number of carbonyl (C=O) groups excluding carboxylic acids is 2. The van der Waals surface area contributed by atoms with Crippen LogP contribution < -0.4 is 5.32 Å². The van der Waals surface area contributed by atoms with E-state index in [4.69, 9.17) is 4.74 Å². The Balaban J connectivity index is 1.37. The summed E-state index contributed by atoms with van der Waals surface area (Å²) < 4.78 is 5.29. The van der Waals surface area contributed by atoms with E-state index in [9.17, 15) is 9.59 Å². The first-order valence-electron chi connectivity index (χ1n) is 8.80. The van der Waals surface area contributed by atoms with Crippen LogP contribution in [0.25, 0.3) is 0 Å². The maximum atomic E-state index is 12.1. The van der Waals surface area contributed by atoms with Gasteiger partial charge in [0.1, 0.15) is 0 Å². The Morgan fingerprint density at radius 2 is 1.84 bits per heavy atom. The number of aryl methyl sites for hydroxylation is 1. The topological polar surface area (TPSA) is 55.4 Å². The van der Waals surface area contributed by atoms with E-state index in [0.29, 0.717) is 19.4 Å². The third kappa shape index (κ3) is 4.92. The zero-order valence-electron chi connectivity index (χ0n) is 14.2. The fourth-order valence-electron chi connectivity index (χ4n) is 3.12. The molecule has 3 rings (SSSR count). The van der Waals surface area contributed by atoms with Crippen molar-refractivity contribution in [3.05, 3.63) is 65.7 Å². The average Bonchev–Trinajstić information content (AvgIpc) is 2.64. The summed E-state index contributed by atoms with van der Waals surface area (Å²) in [5.74, 6) is -0.387. The lowest BCUT2D eigenvalue weighted by molar-refractivity contribution is -0.144. The van der Waals surface area contributed by atoms with Crippen molar-refractivity contribution in [2.24, 2.45) is 5.92 Å². The monoisotopic (exact) mass is 337 g/mol. The van der Waals surface area contributed by atoms with E-state index in [2.05, 4.69) is 17.4 Å². The summed E-state index contributed by atoms with van der Waals surface area (Å²) in [4.78, 5) is 24.0. The van der Waals surface area contributed by atoms with E-state index in [1.807, 2.05) is 42.5 Å². The van der Waals surface area contributed by atoms with Gasteiger partial charge in [0.05, 0.1) is 6.61 Å². The lowest BCUT2D eigenvalue weighted by Crippen LogP contribution is -2.30. The molecule has 1 amide bonds. The maximum Gasteiger partial charge on any atom is 0.305 e. The predicted molar refractivity (Wildman–Crippen MR) is 97.2 cm³/mol. The fraction of sp³-hybridized carbons (Fsp3) is 0.333. The molecule has 0 saturated carbocycles. The molecule has 1 N–H and O–H groups in total. The van der Waals surface area contributed by atoms with Crippen molar-refractivity contribution in [3.8, 4) is 0 Å². The molecule has 4 heteroatoms. The summed E-state index contributed by atoms with van der Waals surface area (Å²) in [6.07, 6.45) is 3.20. The van der Waals surface area contributed by atoms with E-state index < -0.39 is 0 Å². The van der Waals surface area contributed by atoms with Gasteiger partial charge < -0.3 is 10.1 Å². The van der Waals surface area contributed by atoms with Crippen LogP contribution in [0, 0.1) is 5.92 Å². The van der Waals surface area contributed by atoms with Crippen molar-refractivity contribution >= 4 is 17.6 Å². The van der Waals surface area contributed by atoms with E-state index in [1.54, 1.807) is 0 Å². The molecule has 0 aromatic heterocycles. The number of rotatable bonds is 7. The molecule has 0 aliphatic carbocycles. The minimum atomic E-state index is -0.222. The van der Waals surface area contributed by atoms with Gasteiger partial charge >= 0.3 is 5.97 Å². The molecule has 1 aliphatic heterocycles. The van der Waals surface area contributed by atoms with Gasteiger partial charge in [-0.2, -0.15) is 0 Å². The molecule has 1 atom stereocenters. The zero-order chi connectivity index (χ0) is 17.5. The second-order valence-electron chi connectivity index (χ2n) is 6.40. The number of anilines is 1. The second-order valence-corrected chi connectivity index (χ2v) is 6.40. The smallest absolute Gasteiger partial charge is 0.305 e. The number of nitrogens with one attached hydrogen (secondary N) is 1. The molecule has 0 radical (unpaired) electrons. The van der Waals surface area contributed by atoms with Crippen LogP contribution in [0.5, 0.6) is 0 Å². The quantitative estimate of drug-likeness (QED) is 0.618. The molecule has 2 aromatic rings. The number of benzene rings is 2. The van der Waals surface area contributed by atoms with Gasteiger partial charge in [-0.1, -0.05) is 48.5 Å². The molecule has 0 saturated heterocycles. The van der Waals surface area contributed by atoms with Crippen LogP contribution in [-0.4, -0.2) is 18.5 Å². The first-order valence-corrected chi connectivity index (χ1v) is 8.80. The summed E-state index contributed by atoms with van der Waals surface area (Å²) in [6, 6.07) is 17.9. The van der Waals surface area contributed by atoms with Gasteiger partial charge in [-0.05, 0) is 42.9 Å². The number of amides is 1. The van der Waals surface area contributed by atoms with Gasteiger partial charge in [-0.15, -0.1) is 0 Å². The van der Waals surface area contributed by atoms with Crippen molar-refractivity contribution in [1.29, 1.82) is 0 Å². The highest BCUT2D eigenvalue weighted by Crippen LogP contribution is 2.27. The SMILES string of the molecule is O=C(CCC1Cc2ccccc2NC1=O)OCCCc1ccccc1. The zero-order valence-corrected chi connectivity index (χ0v) is 14.2. The lowest BCUT2D eigenvalue weighted by atomic mass is 9.90. The van der Waals surface area contributed by atoms with Crippen molar-refractivity contribution in [2.75, 3.05) is 11.9 Å². The third-order valence-electron chi connectivity index (χ3n) is 4.52. The van der Waals surface area contributed by atoms with Crippen LogP contribution in [0.2, 0.25) is 0 Å². The number of para-hydroxylation sites is 1. The standard InChI is InChI=1S/C21H23NO3/c23-20(25-14-6-9-16-7-2-1-3-8-16)13-12-18-15-17-10-4-5-11-19(17)22-21(18)24/h1-5,7-8,10-11,18H,6,9,12-15H2,(H,22,24). The summed E-state index contributed by atoms with van der Waals surface area (Å²) in [5.41, 5.74) is 3.26. The summed E-state index contributed by atoms with van der Waals surface area (Å²) >= 11 is 0. The number of hydrogen-bond acceptors (Lipinski definition) is 3. The Hall–Kier alpha value is -2.62. The molecule has 0 fully saturated rings. The van der Waals surface area contributed by atoms with Gasteiger partial charge in [0.2, 0.25) is 5.91 Å². The Kier molecular flexibility index (Phi) is 5.83. The van der Waals surface area contributed by atoms with Crippen molar-refractivity contribution < 1.29 is 14.3 Å². The summed E-state index contributed by atoms with van der Waals surface area (Å²) in [6.45, 7) is 0.424. The number of carbonyl (C=O) groups is 2. The van der Waals surface area contributed by atoms with Crippen LogP contribution in [0.15, 0.2) is 54.6 Å². The highest BCUT2D eigenvalue weighted by atomic mass is 16.5. The molecule has 1 heterocycles. The van der Waals surface area contributed by atoms with Crippen LogP contribution in [-0.2, 0) is 27.2 Å². The first kappa shape index (κ1) is 17.2. The highest BCUT2D eigenvalue weighted by Gasteiger charge is 2.26. The van der Waals surface area contributed by atoms with Gasteiger partial charge in [-0.25, -0.2) is 0 Å². The Morgan fingerprint density at radius 1 is 1.08 bits per heavy atom. The minimum absolute atomic E-state index is 0.00409. The predicted octanol–water partition coefficient (Wildman–Crippen LogP) is 3.75. The molecular weight excluding hydrogens is 314 g/mol. The van der Waals surface area contributed by atoms with Gasteiger partial charge in [0.15, 0.2) is 0 Å². The summed E-state index contributed by atoms with van der Waals surface area (Å²) in [5, 5.41) is 2.91. The molecule has 130 valence electrons. The lowest BCUT2D eigenvalue weighted by Gasteiger charge is -2.24. The van der Waals surface area contributed by atoms with E-state index in [1.165, 1.54) is 5.56 Å². The van der Waals surface area contributed by atoms with Gasteiger partial charge in [0, 0.05) is 18.0 Å². The molecule has 2 aromatic carbocycles. The number of hydrogen-bond donors (Lipinski definition) is 1. The second kappa shape index (κ2) is 8.47. The van der Waals surface area contributed by atoms with Crippen LogP contribution >= 0.6 is 0 Å². The largest absolute Gasteiger partial charge is 0.466 e. The van der Waals surface area contributed by atoms with Crippen molar-refractivity contribution in [1.82, 2.24) is 0 Å². The molecule has 4 nitrogen and oxygen atoms in total. The number of ether oxygens (including phenoxy) is 1. The van der Waals surface area contributed by atoms with Crippen LogP contribution in [0.3, 0.4) is 0 Å². The van der Waals surface area contributed by atoms with Crippen molar-refractivity contribution in [3.63, 3.8) is 0 Å². The first-order chi connectivity index (χ1) is 12.2. The fourth-order valence-corrected chi connectivity index (χ4v) is 3.12. The van der Waals surface area contributed by atoms with Crippen LogP contribution in [0.1, 0.15) is 30.4 Å². The Bertz CT molecular complexity index is 727. The Labute approximate surface area is 148 Å². The van der Waals surface area contributed by atoms with E-state index in [-0.39, 0.29) is 24.2 Å². The van der Waals surface area contributed by atoms with E-state index >= 15 is 0 Å². The van der Waals surface area contributed by atoms with Gasteiger partial charge in [-0.3, -0.25) is 9.59 Å². The third-order valence-corrected chi connectivity index (χ3v) is 4.52. The molecule has 25 heavy (non-hydrogen) atoms. The maximum absolute atomic E-state index is 12.1. The average molecular weight is 337 g/mol. The van der Waals surface area contributed by atoms with Crippen molar-refractivity contribution in [2.45, 2.75) is 32.1 Å². The number of fused-ring (bicyclic) bond motifs is 1. The highest BCUT2D eigenvalue weighted by molar-refractivity contribution is 5.95. The minimum Gasteiger partial charge on any atom is -0.466 e. The van der Waals surface area contributed by atoms with Crippen LogP contribution in [0.4, 0.5) is 5.69 Å². The molecule has 0 spiro atoms. The Morgan fingerprint density at radius 3 is 2.68 bits per heavy atom. The molecular formula is C21H23NO3. The summed E-state index contributed by atoms with van der Waals surface area (Å²) in [7, 11) is 0. The van der Waals surface area contributed by atoms with Gasteiger partial charge in [0.25, 0.3) is 0 Å². The number of esters is 1. The molecule has 0 bridgehead atoms. The van der Waals surface area contributed by atoms with E-state index in [0.717, 1.165) is 24.1 Å².